The van der Waals surface area contributed by atoms with Crippen LogP contribution >= 0.6 is 0 Å². The van der Waals surface area contributed by atoms with Crippen molar-refractivity contribution in [1.82, 2.24) is 24.6 Å². The van der Waals surface area contributed by atoms with Crippen molar-refractivity contribution in [3.8, 4) is 11.3 Å². The van der Waals surface area contributed by atoms with Gasteiger partial charge in [0.15, 0.2) is 5.65 Å². The molecule has 0 radical (unpaired) electrons. The summed E-state index contributed by atoms with van der Waals surface area (Å²) in [5, 5.41) is 10.8. The average molecular weight is 345 g/mol. The van der Waals surface area contributed by atoms with Crippen molar-refractivity contribution in [3.05, 3.63) is 66.1 Å². The molecule has 0 aliphatic heterocycles. The molecule has 1 aromatic carbocycles. The van der Waals surface area contributed by atoms with Gasteiger partial charge in [-0.25, -0.2) is 15.0 Å². The number of benzene rings is 1. The van der Waals surface area contributed by atoms with E-state index in [1.54, 1.807) is 19.4 Å². The van der Waals surface area contributed by atoms with Crippen molar-refractivity contribution in [1.29, 1.82) is 0 Å². The fraction of sp³-hybridized carbons (Fsp3) is 0.158. The lowest BCUT2D eigenvalue weighted by molar-refractivity contribution is 0.922. The Morgan fingerprint density at radius 1 is 1.04 bits per heavy atom. The Balaban J connectivity index is 1.68. The molecule has 4 rings (SSSR count). The second-order valence-electron chi connectivity index (χ2n) is 5.97. The van der Waals surface area contributed by atoms with Gasteiger partial charge in [0.25, 0.3) is 0 Å². The van der Waals surface area contributed by atoms with Gasteiger partial charge in [-0.1, -0.05) is 30.3 Å². The zero-order valence-electron chi connectivity index (χ0n) is 14.6. The molecular formula is C19H19N7. The van der Waals surface area contributed by atoms with E-state index in [0.717, 1.165) is 33.8 Å². The summed E-state index contributed by atoms with van der Waals surface area (Å²) >= 11 is 0. The number of hydrogen-bond donors (Lipinski definition) is 2. The number of anilines is 2. The highest BCUT2D eigenvalue weighted by molar-refractivity contribution is 5.67. The van der Waals surface area contributed by atoms with Gasteiger partial charge in [-0.2, -0.15) is 9.61 Å². The minimum absolute atomic E-state index is 0.593. The van der Waals surface area contributed by atoms with Crippen LogP contribution in [0.15, 0.2) is 55.0 Å². The van der Waals surface area contributed by atoms with Gasteiger partial charge in [-0.15, -0.1) is 0 Å². The van der Waals surface area contributed by atoms with Crippen LogP contribution in [0.1, 0.15) is 11.1 Å². The van der Waals surface area contributed by atoms with E-state index in [2.05, 4.69) is 37.8 Å². The largest absolute Gasteiger partial charge is 0.366 e. The van der Waals surface area contributed by atoms with Crippen molar-refractivity contribution >= 4 is 17.4 Å². The van der Waals surface area contributed by atoms with Crippen LogP contribution in [0.2, 0.25) is 0 Å². The summed E-state index contributed by atoms with van der Waals surface area (Å²) in [5.74, 6) is 1.48. The van der Waals surface area contributed by atoms with Crippen LogP contribution in [0, 0.1) is 6.92 Å². The average Bonchev–Trinajstić information content (AvgIpc) is 3.08. The molecular weight excluding hydrogens is 326 g/mol. The highest BCUT2D eigenvalue weighted by Gasteiger charge is 2.10. The predicted octanol–water partition coefficient (Wildman–Crippen LogP) is 3.15. The number of fused-ring (bicyclic) bond motifs is 1. The van der Waals surface area contributed by atoms with Gasteiger partial charge < -0.3 is 10.6 Å². The maximum Gasteiger partial charge on any atom is 0.222 e. The molecule has 2 N–H and O–H groups in total. The molecule has 0 aliphatic rings. The molecule has 26 heavy (non-hydrogen) atoms. The van der Waals surface area contributed by atoms with Gasteiger partial charge in [0.05, 0.1) is 11.9 Å². The van der Waals surface area contributed by atoms with E-state index in [0.29, 0.717) is 12.5 Å². The Bertz CT molecular complexity index is 1020. The first-order chi connectivity index (χ1) is 12.7. The van der Waals surface area contributed by atoms with Crippen molar-refractivity contribution in [2.24, 2.45) is 0 Å². The zero-order chi connectivity index (χ0) is 17.9. The highest BCUT2D eigenvalue weighted by atomic mass is 15.3. The van der Waals surface area contributed by atoms with Crippen LogP contribution in [-0.2, 0) is 6.54 Å². The number of aromatic nitrogens is 5. The highest BCUT2D eigenvalue weighted by Crippen LogP contribution is 2.23. The Morgan fingerprint density at radius 2 is 1.81 bits per heavy atom. The summed E-state index contributed by atoms with van der Waals surface area (Å²) in [6.45, 7) is 2.61. The van der Waals surface area contributed by atoms with E-state index < -0.39 is 0 Å². The molecule has 0 atom stereocenters. The third kappa shape index (κ3) is 3.06. The van der Waals surface area contributed by atoms with Crippen molar-refractivity contribution in [3.63, 3.8) is 0 Å². The molecule has 0 saturated carbocycles. The second kappa shape index (κ2) is 6.79. The minimum Gasteiger partial charge on any atom is -0.366 e. The summed E-state index contributed by atoms with van der Waals surface area (Å²) in [4.78, 5) is 13.3. The van der Waals surface area contributed by atoms with E-state index in [4.69, 9.17) is 4.98 Å². The van der Waals surface area contributed by atoms with Gasteiger partial charge in [-0.05, 0) is 6.92 Å². The molecule has 0 bridgehead atoms. The molecule has 0 fully saturated rings. The first kappa shape index (κ1) is 16.0. The monoisotopic (exact) mass is 345 g/mol. The molecule has 130 valence electrons. The number of aryl methyl sites for hydroxylation is 1. The maximum absolute atomic E-state index is 4.77. The number of hydrogen-bond acceptors (Lipinski definition) is 6. The topological polar surface area (TPSA) is 80.0 Å². The third-order valence-electron chi connectivity index (χ3n) is 4.12. The lowest BCUT2D eigenvalue weighted by atomic mass is 10.1. The predicted molar refractivity (Wildman–Crippen MR) is 102 cm³/mol. The SMILES string of the molecule is CNc1ncc(CNc2cc(-c3ccccc3)nc3c(C)cnn23)cn1. The van der Waals surface area contributed by atoms with Gasteiger partial charge in [0.1, 0.15) is 5.82 Å². The molecule has 7 heteroatoms. The Labute approximate surface area is 151 Å². The second-order valence-corrected chi connectivity index (χ2v) is 5.97. The molecule has 4 aromatic rings. The smallest absolute Gasteiger partial charge is 0.222 e. The molecule has 0 aliphatic carbocycles. The number of rotatable bonds is 5. The Hall–Kier alpha value is -3.48. The van der Waals surface area contributed by atoms with Crippen molar-refractivity contribution < 1.29 is 0 Å². The zero-order valence-corrected chi connectivity index (χ0v) is 14.6. The Morgan fingerprint density at radius 3 is 2.54 bits per heavy atom. The van der Waals surface area contributed by atoms with Crippen LogP contribution in [0.5, 0.6) is 0 Å². The van der Waals surface area contributed by atoms with Gasteiger partial charge in [0, 0.05) is 48.7 Å². The third-order valence-corrected chi connectivity index (χ3v) is 4.12. The van der Waals surface area contributed by atoms with Crippen LogP contribution in [0.4, 0.5) is 11.8 Å². The lowest BCUT2D eigenvalue weighted by Gasteiger charge is -2.11. The molecule has 3 heterocycles. The molecule has 0 spiro atoms. The summed E-state index contributed by atoms with van der Waals surface area (Å²) in [6.07, 6.45) is 5.43. The summed E-state index contributed by atoms with van der Waals surface area (Å²) in [7, 11) is 1.80. The summed E-state index contributed by atoms with van der Waals surface area (Å²) in [6, 6.07) is 12.1. The Kier molecular flexibility index (Phi) is 4.18. The lowest BCUT2D eigenvalue weighted by Crippen LogP contribution is -2.08. The molecule has 0 unspecified atom stereocenters. The maximum atomic E-state index is 4.77. The van der Waals surface area contributed by atoms with Gasteiger partial charge >= 0.3 is 0 Å². The molecule has 3 aromatic heterocycles. The molecule has 7 nitrogen and oxygen atoms in total. The van der Waals surface area contributed by atoms with E-state index in [9.17, 15) is 0 Å². The van der Waals surface area contributed by atoms with Crippen LogP contribution in [-0.4, -0.2) is 31.6 Å². The minimum atomic E-state index is 0.593. The number of nitrogens with zero attached hydrogens (tertiary/aromatic N) is 5. The molecule has 0 saturated heterocycles. The summed E-state index contributed by atoms with van der Waals surface area (Å²) in [5.41, 5.74) is 4.84. The van der Waals surface area contributed by atoms with E-state index in [-0.39, 0.29) is 0 Å². The van der Waals surface area contributed by atoms with E-state index in [1.165, 1.54) is 0 Å². The van der Waals surface area contributed by atoms with Gasteiger partial charge in [-0.3, -0.25) is 0 Å². The summed E-state index contributed by atoms with van der Waals surface area (Å²) < 4.78 is 1.82. The van der Waals surface area contributed by atoms with Crippen LogP contribution in [0.25, 0.3) is 16.9 Å². The number of nitrogens with one attached hydrogen (secondary N) is 2. The fourth-order valence-corrected chi connectivity index (χ4v) is 2.72. The van der Waals surface area contributed by atoms with Crippen LogP contribution < -0.4 is 10.6 Å². The normalized spacial score (nSPS) is 10.8. The first-order valence-corrected chi connectivity index (χ1v) is 8.38. The standard InChI is InChI=1S/C19H19N7/c1-13-9-24-26-17(21-10-14-11-22-19(20-2)23-12-14)8-16(25-18(13)26)15-6-4-3-5-7-15/h3-9,11-12,21H,10H2,1-2H3,(H,20,22,23). The van der Waals surface area contributed by atoms with Crippen molar-refractivity contribution in [2.75, 3.05) is 17.7 Å². The van der Waals surface area contributed by atoms with E-state index in [1.807, 2.05) is 41.9 Å². The fourth-order valence-electron chi connectivity index (χ4n) is 2.72. The molecule has 0 amide bonds. The van der Waals surface area contributed by atoms with Crippen LogP contribution in [0.3, 0.4) is 0 Å². The van der Waals surface area contributed by atoms with Crippen molar-refractivity contribution in [2.45, 2.75) is 13.5 Å². The van der Waals surface area contributed by atoms with E-state index >= 15 is 0 Å². The van der Waals surface area contributed by atoms with Gasteiger partial charge in [0.2, 0.25) is 5.95 Å². The quantitative estimate of drug-likeness (QED) is 0.578. The first-order valence-electron chi connectivity index (χ1n) is 8.38.